The number of anilines is 3. The van der Waals surface area contributed by atoms with Crippen LogP contribution in [0, 0.1) is 0 Å². The van der Waals surface area contributed by atoms with Crippen molar-refractivity contribution < 1.29 is 19.1 Å². The van der Waals surface area contributed by atoms with Crippen molar-refractivity contribution in [3.63, 3.8) is 0 Å². The van der Waals surface area contributed by atoms with Gasteiger partial charge in [-0.25, -0.2) is 9.97 Å². The molecule has 1 aliphatic heterocycles. The summed E-state index contributed by atoms with van der Waals surface area (Å²) in [5.41, 5.74) is 9.46. The molecule has 11 nitrogen and oxygen atoms in total. The number of pyridine rings is 1. The molecule has 1 fully saturated rings. The molecule has 0 aliphatic carbocycles. The number of nitrogens with two attached hydrogens (primary N) is 1. The number of amides is 1. The van der Waals surface area contributed by atoms with Crippen LogP contribution in [0.25, 0.3) is 11.3 Å². The SMILES string of the molecule is [B]N[C@@H](Cc1ccc(-c2cnc(N)c(C(=O)Nc3cnccc3N3CCOCC3)n2)cc1)C(=O)OC. The van der Waals surface area contributed by atoms with Crippen molar-refractivity contribution in [2.45, 2.75) is 12.5 Å². The summed E-state index contributed by atoms with van der Waals surface area (Å²) >= 11 is 0. The standard InChI is InChI=1S/C24H26BN7O4/c1-35-24(34)17(31-25)12-15-2-4-16(5-3-15)18-14-28-22(26)21(29-18)23(33)30-19-13-27-7-6-20(19)32-8-10-36-11-9-32/h2-7,13-14,17,31H,8-12H2,1H3,(H2,26,28)(H,30,33)/t17-/m0/s1. The van der Waals surface area contributed by atoms with Gasteiger partial charge in [0.15, 0.2) is 19.5 Å². The van der Waals surface area contributed by atoms with E-state index in [1.165, 1.54) is 13.3 Å². The Morgan fingerprint density at radius 3 is 2.64 bits per heavy atom. The van der Waals surface area contributed by atoms with Crippen LogP contribution in [0.5, 0.6) is 0 Å². The first-order valence-electron chi connectivity index (χ1n) is 11.3. The lowest BCUT2D eigenvalue weighted by Crippen LogP contribution is -2.37. The molecule has 3 heterocycles. The van der Waals surface area contributed by atoms with Crippen molar-refractivity contribution in [3.8, 4) is 11.3 Å². The zero-order valence-electron chi connectivity index (χ0n) is 19.8. The Kier molecular flexibility index (Phi) is 8.08. The summed E-state index contributed by atoms with van der Waals surface area (Å²) in [6, 6.07) is 8.50. The molecule has 2 aromatic heterocycles. The third-order valence-electron chi connectivity index (χ3n) is 5.79. The highest BCUT2D eigenvalue weighted by Crippen LogP contribution is 2.27. The average Bonchev–Trinajstić information content (AvgIpc) is 2.92. The number of hydrogen-bond donors (Lipinski definition) is 3. The monoisotopic (exact) mass is 487 g/mol. The van der Waals surface area contributed by atoms with E-state index in [9.17, 15) is 9.59 Å². The van der Waals surface area contributed by atoms with Crippen molar-refractivity contribution in [3.05, 3.63) is 60.2 Å². The Morgan fingerprint density at radius 2 is 1.94 bits per heavy atom. The van der Waals surface area contributed by atoms with Crippen LogP contribution >= 0.6 is 0 Å². The molecule has 0 unspecified atom stereocenters. The molecule has 1 aliphatic rings. The van der Waals surface area contributed by atoms with Crippen LogP contribution < -0.4 is 21.2 Å². The lowest BCUT2D eigenvalue weighted by atomic mass is 10.0. The van der Waals surface area contributed by atoms with Crippen molar-refractivity contribution in [1.82, 2.24) is 20.2 Å². The summed E-state index contributed by atoms with van der Waals surface area (Å²) in [7, 11) is 6.76. The molecule has 1 amide bonds. The molecule has 0 spiro atoms. The van der Waals surface area contributed by atoms with Crippen LogP contribution in [-0.4, -0.2) is 74.3 Å². The van der Waals surface area contributed by atoms with E-state index in [1.54, 1.807) is 12.4 Å². The molecule has 0 bridgehead atoms. The van der Waals surface area contributed by atoms with E-state index in [1.807, 2.05) is 30.3 Å². The first-order valence-corrected chi connectivity index (χ1v) is 11.3. The maximum Gasteiger partial charge on any atom is 0.322 e. The third-order valence-corrected chi connectivity index (χ3v) is 5.79. The van der Waals surface area contributed by atoms with E-state index < -0.39 is 17.9 Å². The second kappa shape index (κ2) is 11.6. The first-order chi connectivity index (χ1) is 17.5. The van der Waals surface area contributed by atoms with Crippen molar-refractivity contribution in [2.24, 2.45) is 0 Å². The molecule has 36 heavy (non-hydrogen) atoms. The first kappa shape index (κ1) is 25.1. The van der Waals surface area contributed by atoms with Gasteiger partial charge in [-0.05, 0) is 18.1 Å². The topological polar surface area (TPSA) is 145 Å². The highest BCUT2D eigenvalue weighted by Gasteiger charge is 2.20. The van der Waals surface area contributed by atoms with E-state index in [-0.39, 0.29) is 11.5 Å². The Hall–Kier alpha value is -4.03. The number of benzene rings is 1. The second-order valence-electron chi connectivity index (χ2n) is 8.08. The number of esters is 1. The fraction of sp³-hybridized carbons (Fsp3) is 0.292. The summed E-state index contributed by atoms with van der Waals surface area (Å²) in [5.74, 6) is -0.928. The van der Waals surface area contributed by atoms with Gasteiger partial charge in [-0.15, -0.1) is 0 Å². The van der Waals surface area contributed by atoms with Gasteiger partial charge in [0.25, 0.3) is 5.91 Å². The Labute approximate surface area is 209 Å². The number of carbonyl (C=O) groups excluding carboxylic acids is 2. The van der Waals surface area contributed by atoms with Gasteiger partial charge in [0.2, 0.25) is 0 Å². The minimum absolute atomic E-state index is 0.00597. The molecule has 1 saturated heterocycles. The molecule has 0 saturated carbocycles. The summed E-state index contributed by atoms with van der Waals surface area (Å²) in [6.07, 6.45) is 5.12. The number of aromatic nitrogens is 3. The predicted molar refractivity (Wildman–Crippen MR) is 136 cm³/mol. The fourth-order valence-corrected chi connectivity index (χ4v) is 3.85. The minimum atomic E-state index is -0.665. The summed E-state index contributed by atoms with van der Waals surface area (Å²) in [5, 5.41) is 5.32. The maximum absolute atomic E-state index is 13.1. The molecule has 12 heteroatoms. The molecule has 3 aromatic rings. The Bertz CT molecular complexity index is 1220. The quantitative estimate of drug-likeness (QED) is 0.310. The number of ether oxygens (including phenoxy) is 2. The predicted octanol–water partition coefficient (Wildman–Crippen LogP) is 0.967. The number of hydrogen-bond acceptors (Lipinski definition) is 10. The number of rotatable bonds is 8. The number of morpholine rings is 1. The molecule has 184 valence electrons. The molecular weight excluding hydrogens is 461 g/mol. The summed E-state index contributed by atoms with van der Waals surface area (Å²) in [4.78, 5) is 39.8. The number of carbonyl (C=O) groups is 2. The molecule has 4 N–H and O–H groups in total. The average molecular weight is 487 g/mol. The van der Waals surface area contributed by atoms with Gasteiger partial charge in [-0.3, -0.25) is 14.6 Å². The van der Waals surface area contributed by atoms with E-state index in [4.69, 9.17) is 23.2 Å². The van der Waals surface area contributed by atoms with Gasteiger partial charge in [0, 0.05) is 24.8 Å². The zero-order chi connectivity index (χ0) is 25.5. The van der Waals surface area contributed by atoms with Gasteiger partial charge in [-0.2, -0.15) is 0 Å². The lowest BCUT2D eigenvalue weighted by molar-refractivity contribution is -0.142. The Balaban J connectivity index is 1.52. The van der Waals surface area contributed by atoms with Crippen LogP contribution in [0.3, 0.4) is 0 Å². The van der Waals surface area contributed by atoms with Crippen LogP contribution in [0.1, 0.15) is 16.1 Å². The second-order valence-corrected chi connectivity index (χ2v) is 8.08. The smallest absolute Gasteiger partial charge is 0.322 e. The van der Waals surface area contributed by atoms with Crippen LogP contribution in [-0.2, 0) is 20.7 Å². The van der Waals surface area contributed by atoms with Crippen molar-refractivity contribution in [1.29, 1.82) is 0 Å². The Morgan fingerprint density at radius 1 is 1.19 bits per heavy atom. The molecule has 4 rings (SSSR count). The number of nitrogen functional groups attached to an aromatic ring is 1. The highest BCUT2D eigenvalue weighted by molar-refractivity contribution is 6.07. The van der Waals surface area contributed by atoms with E-state index in [0.29, 0.717) is 44.1 Å². The summed E-state index contributed by atoms with van der Waals surface area (Å²) in [6.45, 7) is 2.64. The van der Waals surface area contributed by atoms with Gasteiger partial charge in [0.05, 0.1) is 55.8 Å². The summed E-state index contributed by atoms with van der Waals surface area (Å²) < 4.78 is 10.2. The maximum atomic E-state index is 13.1. The molecular formula is C24H26BN7O4. The van der Waals surface area contributed by atoms with Gasteiger partial charge >= 0.3 is 5.97 Å². The van der Waals surface area contributed by atoms with E-state index >= 15 is 0 Å². The minimum Gasteiger partial charge on any atom is -0.468 e. The van der Waals surface area contributed by atoms with E-state index in [0.717, 1.165) is 16.8 Å². The molecule has 1 atom stereocenters. The van der Waals surface area contributed by atoms with Crippen LogP contribution in [0.4, 0.5) is 17.2 Å². The lowest BCUT2D eigenvalue weighted by Gasteiger charge is -2.30. The van der Waals surface area contributed by atoms with Gasteiger partial charge in [-0.1, -0.05) is 24.3 Å². The van der Waals surface area contributed by atoms with Crippen molar-refractivity contribution in [2.75, 3.05) is 49.4 Å². The van der Waals surface area contributed by atoms with Crippen LogP contribution in [0.2, 0.25) is 0 Å². The number of nitrogens with one attached hydrogen (secondary N) is 2. The van der Waals surface area contributed by atoms with Crippen molar-refractivity contribution >= 4 is 37.1 Å². The number of methoxy groups -OCH3 is 1. The zero-order valence-corrected chi connectivity index (χ0v) is 19.8. The highest BCUT2D eigenvalue weighted by atomic mass is 16.5. The van der Waals surface area contributed by atoms with Gasteiger partial charge < -0.3 is 30.7 Å². The fourth-order valence-electron chi connectivity index (χ4n) is 3.85. The van der Waals surface area contributed by atoms with Crippen LogP contribution in [0.15, 0.2) is 48.9 Å². The molecule has 2 radical (unpaired) electrons. The third kappa shape index (κ3) is 5.78. The van der Waals surface area contributed by atoms with E-state index in [2.05, 4.69) is 30.4 Å². The van der Waals surface area contributed by atoms with Gasteiger partial charge in [0.1, 0.15) is 0 Å². The largest absolute Gasteiger partial charge is 0.468 e. The normalized spacial score (nSPS) is 14.2. The number of nitrogens with zero attached hydrogens (tertiary/aromatic N) is 4. The molecule has 1 aromatic carbocycles.